The van der Waals surface area contributed by atoms with Gasteiger partial charge in [0.1, 0.15) is 0 Å². The minimum absolute atomic E-state index is 0.196. The first-order chi connectivity index (χ1) is 14.7. The Balaban J connectivity index is 1.82. The zero-order valence-corrected chi connectivity index (χ0v) is 19.7. The fourth-order valence-electron chi connectivity index (χ4n) is 3.43. The Hall–Kier alpha value is -2.77. The van der Waals surface area contributed by atoms with Crippen molar-refractivity contribution >= 4 is 39.1 Å². The van der Waals surface area contributed by atoms with E-state index in [9.17, 15) is 13.2 Å². The number of thioether (sulfide) groups is 1. The van der Waals surface area contributed by atoms with Crippen LogP contribution in [0.3, 0.4) is 0 Å². The van der Waals surface area contributed by atoms with E-state index in [0.29, 0.717) is 11.3 Å². The molecule has 0 radical (unpaired) electrons. The second-order valence-electron chi connectivity index (χ2n) is 7.36. The molecule has 7 heteroatoms. The average molecular weight is 455 g/mol. The van der Waals surface area contributed by atoms with Crippen molar-refractivity contribution in [1.29, 1.82) is 0 Å². The molecular formula is C24H26N2O3S2. The fourth-order valence-corrected chi connectivity index (χ4v) is 4.99. The van der Waals surface area contributed by atoms with Crippen molar-refractivity contribution < 1.29 is 13.2 Å². The van der Waals surface area contributed by atoms with Crippen LogP contribution in [-0.2, 0) is 16.6 Å². The predicted molar refractivity (Wildman–Crippen MR) is 130 cm³/mol. The number of hydrogen-bond acceptors (Lipinski definition) is 4. The number of carbonyl (C=O) groups is 1. The number of para-hydroxylation sites is 2. The molecule has 31 heavy (non-hydrogen) atoms. The van der Waals surface area contributed by atoms with Crippen molar-refractivity contribution in [3.05, 3.63) is 89.0 Å². The topological polar surface area (TPSA) is 66.5 Å². The number of nitrogens with zero attached hydrogens (tertiary/aromatic N) is 1. The molecule has 0 aliphatic rings. The third kappa shape index (κ3) is 5.48. The molecule has 1 amide bonds. The Labute approximate surface area is 188 Å². The zero-order chi connectivity index (χ0) is 22.6. The predicted octanol–water partition coefficient (Wildman–Crippen LogP) is 5.24. The Morgan fingerprint density at radius 1 is 0.935 bits per heavy atom. The Kier molecular flexibility index (Phi) is 7.08. The number of carbonyl (C=O) groups excluding carboxylic acids is 1. The molecule has 0 unspecified atom stereocenters. The van der Waals surface area contributed by atoms with E-state index in [1.165, 1.54) is 10.6 Å². The standard InChI is InChI=1S/C24H26N2O3S2/c1-17-8-7-9-18(2)23(17)26(31(4,28)29)16-19-12-14-20(15-13-19)24(27)25-21-10-5-6-11-22(21)30-3/h5-15H,16H2,1-4H3,(H,25,27). The summed E-state index contributed by atoms with van der Waals surface area (Å²) in [6.07, 6.45) is 3.17. The molecule has 0 spiro atoms. The van der Waals surface area contributed by atoms with Gasteiger partial charge in [-0.2, -0.15) is 0 Å². The molecule has 0 atom stereocenters. The van der Waals surface area contributed by atoms with Gasteiger partial charge in [0.25, 0.3) is 5.91 Å². The summed E-state index contributed by atoms with van der Waals surface area (Å²) >= 11 is 1.57. The highest BCUT2D eigenvalue weighted by Gasteiger charge is 2.21. The van der Waals surface area contributed by atoms with Crippen LogP contribution in [0.1, 0.15) is 27.0 Å². The van der Waals surface area contributed by atoms with Crippen LogP contribution in [0.4, 0.5) is 11.4 Å². The average Bonchev–Trinajstić information content (AvgIpc) is 2.73. The fraction of sp³-hybridized carbons (Fsp3) is 0.208. The number of amides is 1. The third-order valence-electron chi connectivity index (χ3n) is 4.99. The Bertz CT molecular complexity index is 1170. The molecule has 5 nitrogen and oxygen atoms in total. The van der Waals surface area contributed by atoms with Crippen LogP contribution < -0.4 is 9.62 Å². The molecule has 3 rings (SSSR count). The van der Waals surface area contributed by atoms with Crippen molar-refractivity contribution in [3.63, 3.8) is 0 Å². The van der Waals surface area contributed by atoms with Gasteiger partial charge in [-0.05, 0) is 61.1 Å². The molecule has 3 aromatic rings. The lowest BCUT2D eigenvalue weighted by Gasteiger charge is -2.26. The van der Waals surface area contributed by atoms with Gasteiger partial charge in [-0.3, -0.25) is 9.10 Å². The SMILES string of the molecule is CSc1ccccc1NC(=O)c1ccc(CN(c2c(C)cccc2C)S(C)(=O)=O)cc1. The molecule has 0 fully saturated rings. The van der Waals surface area contributed by atoms with Gasteiger partial charge in [-0.1, -0.05) is 42.5 Å². The first kappa shape index (κ1) is 22.9. The number of anilines is 2. The van der Waals surface area contributed by atoms with E-state index in [0.717, 1.165) is 27.3 Å². The number of aryl methyl sites for hydroxylation is 2. The minimum atomic E-state index is -3.48. The molecule has 0 aliphatic carbocycles. The molecule has 0 aliphatic heterocycles. The molecule has 0 saturated heterocycles. The van der Waals surface area contributed by atoms with Gasteiger partial charge in [0.05, 0.1) is 24.2 Å². The normalized spacial score (nSPS) is 11.2. The molecule has 3 aromatic carbocycles. The van der Waals surface area contributed by atoms with E-state index in [-0.39, 0.29) is 12.5 Å². The molecule has 0 saturated carbocycles. The van der Waals surface area contributed by atoms with E-state index >= 15 is 0 Å². The van der Waals surface area contributed by atoms with Gasteiger partial charge in [0, 0.05) is 10.5 Å². The quantitative estimate of drug-likeness (QED) is 0.496. The maximum Gasteiger partial charge on any atom is 0.255 e. The second-order valence-corrected chi connectivity index (χ2v) is 10.1. The van der Waals surface area contributed by atoms with Crippen LogP contribution in [0.2, 0.25) is 0 Å². The van der Waals surface area contributed by atoms with Gasteiger partial charge >= 0.3 is 0 Å². The maximum absolute atomic E-state index is 12.7. The van der Waals surface area contributed by atoms with E-state index in [1.54, 1.807) is 36.0 Å². The molecule has 1 N–H and O–H groups in total. The van der Waals surface area contributed by atoms with Crippen molar-refractivity contribution in [2.24, 2.45) is 0 Å². The largest absolute Gasteiger partial charge is 0.321 e. The van der Waals surface area contributed by atoms with E-state index < -0.39 is 10.0 Å². The summed E-state index contributed by atoms with van der Waals surface area (Å²) in [7, 11) is -3.48. The van der Waals surface area contributed by atoms with Crippen molar-refractivity contribution in [2.75, 3.05) is 22.1 Å². The van der Waals surface area contributed by atoms with Crippen LogP contribution in [0.25, 0.3) is 0 Å². The summed E-state index contributed by atoms with van der Waals surface area (Å²) in [5.41, 5.74) is 4.57. The third-order valence-corrected chi connectivity index (χ3v) is 6.89. The van der Waals surface area contributed by atoms with Crippen LogP contribution in [0.5, 0.6) is 0 Å². The van der Waals surface area contributed by atoms with E-state index in [1.807, 2.05) is 62.6 Å². The number of rotatable bonds is 7. The highest BCUT2D eigenvalue weighted by Crippen LogP contribution is 2.29. The number of benzene rings is 3. The van der Waals surface area contributed by atoms with Gasteiger partial charge in [-0.15, -0.1) is 11.8 Å². The second kappa shape index (κ2) is 9.58. The lowest BCUT2D eigenvalue weighted by molar-refractivity contribution is 0.102. The number of sulfonamides is 1. The first-order valence-corrected chi connectivity index (χ1v) is 12.8. The van der Waals surface area contributed by atoms with Gasteiger partial charge < -0.3 is 5.32 Å². The Morgan fingerprint density at radius 2 is 1.55 bits per heavy atom. The van der Waals surface area contributed by atoms with E-state index in [4.69, 9.17) is 0 Å². The summed E-state index contributed by atoms with van der Waals surface area (Å²) in [6, 6.07) is 20.4. The minimum Gasteiger partial charge on any atom is -0.321 e. The first-order valence-electron chi connectivity index (χ1n) is 9.78. The summed E-state index contributed by atoms with van der Waals surface area (Å²) in [5, 5.41) is 2.94. The van der Waals surface area contributed by atoms with Crippen molar-refractivity contribution in [1.82, 2.24) is 0 Å². The monoisotopic (exact) mass is 454 g/mol. The van der Waals surface area contributed by atoms with Gasteiger partial charge in [-0.25, -0.2) is 8.42 Å². The molecule has 0 bridgehead atoms. The number of hydrogen-bond donors (Lipinski definition) is 1. The smallest absolute Gasteiger partial charge is 0.255 e. The van der Waals surface area contributed by atoms with Crippen molar-refractivity contribution in [2.45, 2.75) is 25.3 Å². The molecule has 162 valence electrons. The lowest BCUT2D eigenvalue weighted by atomic mass is 10.1. The summed E-state index contributed by atoms with van der Waals surface area (Å²) < 4.78 is 26.5. The highest BCUT2D eigenvalue weighted by molar-refractivity contribution is 7.98. The molecule has 0 heterocycles. The summed E-state index contributed by atoms with van der Waals surface area (Å²) in [5.74, 6) is -0.206. The van der Waals surface area contributed by atoms with E-state index in [2.05, 4.69) is 5.32 Å². The van der Waals surface area contributed by atoms with Crippen LogP contribution in [-0.4, -0.2) is 26.8 Å². The van der Waals surface area contributed by atoms with Crippen molar-refractivity contribution in [3.8, 4) is 0 Å². The number of nitrogens with one attached hydrogen (secondary N) is 1. The maximum atomic E-state index is 12.7. The summed E-state index contributed by atoms with van der Waals surface area (Å²) in [6.45, 7) is 4.00. The molecule has 0 aromatic heterocycles. The molecular weight excluding hydrogens is 428 g/mol. The van der Waals surface area contributed by atoms with Gasteiger partial charge in [0.15, 0.2) is 0 Å². The van der Waals surface area contributed by atoms with Crippen LogP contribution in [0.15, 0.2) is 71.6 Å². The van der Waals surface area contributed by atoms with Crippen LogP contribution >= 0.6 is 11.8 Å². The summed E-state index contributed by atoms with van der Waals surface area (Å²) in [4.78, 5) is 13.6. The Morgan fingerprint density at radius 3 is 2.13 bits per heavy atom. The van der Waals surface area contributed by atoms with Gasteiger partial charge in [0.2, 0.25) is 10.0 Å². The zero-order valence-electron chi connectivity index (χ0n) is 18.0. The lowest BCUT2D eigenvalue weighted by Crippen LogP contribution is -2.30. The van der Waals surface area contributed by atoms with Crippen LogP contribution in [0, 0.1) is 13.8 Å². The highest BCUT2D eigenvalue weighted by atomic mass is 32.2.